The Hall–Kier alpha value is -2.09. The van der Waals surface area contributed by atoms with Crippen LogP contribution in [0.3, 0.4) is 0 Å². The number of imidazole rings is 1. The second-order valence-corrected chi connectivity index (χ2v) is 4.36. The third kappa shape index (κ3) is 2.34. The number of nitrogens with one attached hydrogen (secondary N) is 2. The van der Waals surface area contributed by atoms with E-state index in [1.165, 1.54) is 4.57 Å². The number of rotatable bonds is 6. The summed E-state index contributed by atoms with van der Waals surface area (Å²) in [5.41, 5.74) is -0.109. The molecule has 8 nitrogen and oxygen atoms in total. The van der Waals surface area contributed by atoms with Crippen LogP contribution in [-0.2, 0) is 13.1 Å². The van der Waals surface area contributed by atoms with Crippen molar-refractivity contribution in [3.63, 3.8) is 0 Å². The van der Waals surface area contributed by atoms with Gasteiger partial charge in [0, 0.05) is 26.2 Å². The SMILES string of the molecule is CCn1c(NCCCO)nc2c1c(=O)[nH]c(=O)n2CC. The van der Waals surface area contributed by atoms with Gasteiger partial charge < -0.3 is 15.0 Å². The Morgan fingerprint density at radius 1 is 1.25 bits per heavy atom. The van der Waals surface area contributed by atoms with Crippen molar-refractivity contribution in [2.75, 3.05) is 18.5 Å². The molecule has 2 heterocycles. The van der Waals surface area contributed by atoms with E-state index in [1.807, 2.05) is 13.8 Å². The van der Waals surface area contributed by atoms with E-state index >= 15 is 0 Å². The van der Waals surface area contributed by atoms with Crippen LogP contribution in [0.5, 0.6) is 0 Å². The molecule has 0 aliphatic rings. The largest absolute Gasteiger partial charge is 0.396 e. The molecule has 0 amide bonds. The quantitative estimate of drug-likeness (QED) is 0.632. The number of fused-ring (bicyclic) bond motifs is 1. The number of aliphatic hydroxyl groups excluding tert-OH is 1. The molecule has 0 aromatic carbocycles. The number of nitrogens with zero attached hydrogens (tertiary/aromatic N) is 3. The Kier molecular flexibility index (Phi) is 4.23. The molecule has 0 radical (unpaired) electrons. The first kappa shape index (κ1) is 14.3. The van der Waals surface area contributed by atoms with Crippen molar-refractivity contribution in [2.45, 2.75) is 33.4 Å². The van der Waals surface area contributed by atoms with Crippen molar-refractivity contribution in [3.05, 3.63) is 20.8 Å². The van der Waals surface area contributed by atoms with Gasteiger partial charge in [0.1, 0.15) is 0 Å². The average Bonchev–Trinajstić information content (AvgIpc) is 2.78. The summed E-state index contributed by atoms with van der Waals surface area (Å²) >= 11 is 0. The van der Waals surface area contributed by atoms with Crippen molar-refractivity contribution >= 4 is 17.1 Å². The lowest BCUT2D eigenvalue weighted by Gasteiger charge is -2.07. The lowest BCUT2D eigenvalue weighted by Crippen LogP contribution is -2.30. The van der Waals surface area contributed by atoms with E-state index in [9.17, 15) is 9.59 Å². The molecule has 8 heteroatoms. The maximum absolute atomic E-state index is 12.0. The molecule has 110 valence electrons. The maximum Gasteiger partial charge on any atom is 0.330 e. The molecule has 0 aliphatic carbocycles. The summed E-state index contributed by atoms with van der Waals surface area (Å²) < 4.78 is 3.16. The van der Waals surface area contributed by atoms with Crippen LogP contribution in [0.1, 0.15) is 20.3 Å². The summed E-state index contributed by atoms with van der Waals surface area (Å²) in [6.45, 7) is 5.35. The van der Waals surface area contributed by atoms with Gasteiger partial charge in [-0.3, -0.25) is 14.3 Å². The van der Waals surface area contributed by atoms with Crippen LogP contribution in [0.2, 0.25) is 0 Å². The van der Waals surface area contributed by atoms with E-state index < -0.39 is 11.2 Å². The summed E-state index contributed by atoms with van der Waals surface area (Å²) in [5, 5.41) is 11.9. The molecule has 0 aliphatic heterocycles. The van der Waals surface area contributed by atoms with Crippen LogP contribution in [0.25, 0.3) is 11.2 Å². The maximum atomic E-state index is 12.0. The van der Waals surface area contributed by atoms with Crippen LogP contribution in [-0.4, -0.2) is 37.4 Å². The minimum atomic E-state index is -0.451. The minimum Gasteiger partial charge on any atom is -0.396 e. The van der Waals surface area contributed by atoms with Gasteiger partial charge in [0.25, 0.3) is 5.56 Å². The van der Waals surface area contributed by atoms with Gasteiger partial charge in [-0.15, -0.1) is 0 Å². The van der Waals surface area contributed by atoms with Crippen molar-refractivity contribution in [3.8, 4) is 0 Å². The summed E-state index contributed by atoms with van der Waals surface area (Å²) in [7, 11) is 0. The van der Waals surface area contributed by atoms with Gasteiger partial charge in [-0.1, -0.05) is 0 Å². The fraction of sp³-hybridized carbons (Fsp3) is 0.583. The number of hydrogen-bond donors (Lipinski definition) is 3. The van der Waals surface area contributed by atoms with Crippen molar-refractivity contribution in [2.24, 2.45) is 0 Å². The topological polar surface area (TPSA) is 105 Å². The zero-order chi connectivity index (χ0) is 14.7. The average molecular weight is 281 g/mol. The highest BCUT2D eigenvalue weighted by atomic mass is 16.3. The lowest BCUT2D eigenvalue weighted by atomic mass is 10.4. The van der Waals surface area contributed by atoms with Gasteiger partial charge in [0.15, 0.2) is 11.2 Å². The molecule has 3 N–H and O–H groups in total. The summed E-state index contributed by atoms with van der Waals surface area (Å²) in [5.74, 6) is 0.536. The molecule has 20 heavy (non-hydrogen) atoms. The number of aryl methyl sites for hydroxylation is 2. The fourth-order valence-corrected chi connectivity index (χ4v) is 2.19. The molecular weight excluding hydrogens is 262 g/mol. The number of aromatic nitrogens is 4. The smallest absolute Gasteiger partial charge is 0.330 e. The van der Waals surface area contributed by atoms with Gasteiger partial charge >= 0.3 is 5.69 Å². The molecule has 2 aromatic rings. The molecule has 0 spiro atoms. The van der Waals surface area contributed by atoms with E-state index in [-0.39, 0.29) is 6.61 Å². The first-order chi connectivity index (χ1) is 9.63. The van der Waals surface area contributed by atoms with Crippen LogP contribution in [0.15, 0.2) is 9.59 Å². The second kappa shape index (κ2) is 5.91. The third-order valence-corrected chi connectivity index (χ3v) is 3.14. The Balaban J connectivity index is 2.63. The predicted octanol–water partition coefficient (Wildman–Crippen LogP) is -0.280. The highest BCUT2D eigenvalue weighted by Gasteiger charge is 2.16. The Morgan fingerprint density at radius 3 is 2.55 bits per heavy atom. The molecule has 0 saturated heterocycles. The summed E-state index contributed by atoms with van der Waals surface area (Å²) in [4.78, 5) is 30.4. The third-order valence-electron chi connectivity index (χ3n) is 3.14. The van der Waals surface area contributed by atoms with E-state index in [1.54, 1.807) is 4.57 Å². The number of anilines is 1. The number of aromatic amines is 1. The fourth-order valence-electron chi connectivity index (χ4n) is 2.19. The molecule has 2 aromatic heterocycles. The predicted molar refractivity (Wildman–Crippen MR) is 76.2 cm³/mol. The van der Waals surface area contributed by atoms with Crippen LogP contribution in [0.4, 0.5) is 5.95 Å². The van der Waals surface area contributed by atoms with Gasteiger partial charge in [-0.2, -0.15) is 4.98 Å². The lowest BCUT2D eigenvalue weighted by molar-refractivity contribution is 0.292. The van der Waals surface area contributed by atoms with E-state index in [2.05, 4.69) is 15.3 Å². The minimum absolute atomic E-state index is 0.0829. The summed E-state index contributed by atoms with van der Waals surface area (Å²) in [6, 6.07) is 0. The van der Waals surface area contributed by atoms with Crippen LogP contribution in [0, 0.1) is 0 Å². The summed E-state index contributed by atoms with van der Waals surface area (Å²) in [6.07, 6.45) is 0.587. The molecule has 0 atom stereocenters. The van der Waals surface area contributed by atoms with Crippen LogP contribution >= 0.6 is 0 Å². The molecule has 0 bridgehead atoms. The van der Waals surface area contributed by atoms with Gasteiger partial charge in [-0.25, -0.2) is 4.79 Å². The molecule has 0 saturated carbocycles. The standard InChI is InChI=1S/C12H19N5O3/c1-3-16-8-9(14-11(16)13-6-5-7-18)17(4-2)12(20)15-10(8)19/h18H,3-7H2,1-2H3,(H,13,14)(H,15,19,20). The normalized spacial score (nSPS) is 11.2. The monoisotopic (exact) mass is 281 g/mol. The van der Waals surface area contributed by atoms with Crippen LogP contribution < -0.4 is 16.6 Å². The zero-order valence-corrected chi connectivity index (χ0v) is 11.6. The van der Waals surface area contributed by atoms with Gasteiger partial charge in [-0.05, 0) is 20.3 Å². The van der Waals surface area contributed by atoms with Crippen molar-refractivity contribution < 1.29 is 5.11 Å². The first-order valence-electron chi connectivity index (χ1n) is 6.72. The molecule has 2 rings (SSSR count). The number of aliphatic hydroxyl groups is 1. The number of H-pyrrole nitrogens is 1. The van der Waals surface area contributed by atoms with Gasteiger partial charge in [0.2, 0.25) is 5.95 Å². The number of hydrogen-bond acceptors (Lipinski definition) is 5. The highest BCUT2D eigenvalue weighted by Crippen LogP contribution is 2.15. The molecule has 0 unspecified atom stereocenters. The Morgan fingerprint density at radius 2 is 1.95 bits per heavy atom. The molecule has 0 fully saturated rings. The highest BCUT2D eigenvalue weighted by molar-refractivity contribution is 5.74. The van der Waals surface area contributed by atoms with Crippen molar-refractivity contribution in [1.82, 2.24) is 19.1 Å². The zero-order valence-electron chi connectivity index (χ0n) is 11.6. The van der Waals surface area contributed by atoms with Gasteiger partial charge in [0.05, 0.1) is 0 Å². The first-order valence-corrected chi connectivity index (χ1v) is 6.72. The van der Waals surface area contributed by atoms with E-state index in [0.717, 1.165) is 0 Å². The Bertz CT molecular complexity index is 712. The van der Waals surface area contributed by atoms with Crippen molar-refractivity contribution in [1.29, 1.82) is 0 Å². The second-order valence-electron chi connectivity index (χ2n) is 4.36. The molecular formula is C12H19N5O3. The van der Waals surface area contributed by atoms with E-state index in [0.29, 0.717) is 43.2 Å². The Labute approximate surface area is 115 Å². The van der Waals surface area contributed by atoms with E-state index in [4.69, 9.17) is 5.11 Å².